The molecule has 0 bridgehead atoms. The van der Waals surface area contributed by atoms with Crippen LogP contribution in [0.5, 0.6) is 23.0 Å². The average Bonchev–Trinajstić information content (AvgIpc) is 2.73. The molecule has 0 fully saturated rings. The van der Waals surface area contributed by atoms with Gasteiger partial charge in [-0.15, -0.1) is 0 Å². The molecule has 0 spiro atoms. The first-order chi connectivity index (χ1) is 14.4. The molecule has 1 aliphatic heterocycles. The SMILES string of the molecule is CNC(=O)c1cc2c(c(C(=O)O)c1)Nc1cc(Cc3ccc(O)c(O)c3)ccc1O2. The fourth-order valence-corrected chi connectivity index (χ4v) is 3.31. The van der Waals surface area contributed by atoms with Crippen molar-refractivity contribution in [3.05, 3.63) is 70.8 Å². The summed E-state index contributed by atoms with van der Waals surface area (Å²) in [6.45, 7) is 0. The third kappa shape index (κ3) is 3.46. The molecule has 8 heteroatoms. The second-order valence-electron chi connectivity index (χ2n) is 6.84. The number of aromatic carboxylic acids is 1. The van der Waals surface area contributed by atoms with Gasteiger partial charge < -0.3 is 30.7 Å². The lowest BCUT2D eigenvalue weighted by Crippen LogP contribution is -2.19. The average molecular weight is 406 g/mol. The van der Waals surface area contributed by atoms with E-state index < -0.39 is 11.9 Å². The van der Waals surface area contributed by atoms with Crippen molar-refractivity contribution in [3.8, 4) is 23.0 Å². The number of rotatable bonds is 4. The van der Waals surface area contributed by atoms with Crippen molar-refractivity contribution in [3.63, 3.8) is 0 Å². The van der Waals surface area contributed by atoms with Gasteiger partial charge in [0.05, 0.1) is 16.9 Å². The minimum atomic E-state index is -1.19. The highest BCUT2D eigenvalue weighted by atomic mass is 16.5. The Morgan fingerprint density at radius 3 is 2.40 bits per heavy atom. The lowest BCUT2D eigenvalue weighted by atomic mass is 10.0. The van der Waals surface area contributed by atoms with Gasteiger partial charge in [0.25, 0.3) is 5.91 Å². The molecule has 0 saturated carbocycles. The van der Waals surface area contributed by atoms with E-state index in [4.69, 9.17) is 4.74 Å². The number of hydrogen-bond acceptors (Lipinski definition) is 6. The molecule has 1 aliphatic rings. The third-order valence-electron chi connectivity index (χ3n) is 4.79. The minimum Gasteiger partial charge on any atom is -0.504 e. The molecule has 0 aromatic heterocycles. The van der Waals surface area contributed by atoms with Gasteiger partial charge in [0.15, 0.2) is 23.0 Å². The summed E-state index contributed by atoms with van der Waals surface area (Å²) in [4.78, 5) is 23.7. The number of anilines is 2. The second-order valence-corrected chi connectivity index (χ2v) is 6.84. The van der Waals surface area contributed by atoms with Crippen LogP contribution in [0.3, 0.4) is 0 Å². The number of carboxylic acids is 1. The number of phenols is 2. The quantitative estimate of drug-likeness (QED) is 0.328. The van der Waals surface area contributed by atoms with Crippen molar-refractivity contribution in [2.24, 2.45) is 0 Å². The van der Waals surface area contributed by atoms with E-state index in [0.717, 1.165) is 11.1 Å². The molecule has 0 unspecified atom stereocenters. The van der Waals surface area contributed by atoms with Crippen LogP contribution in [0.2, 0.25) is 0 Å². The van der Waals surface area contributed by atoms with E-state index in [-0.39, 0.29) is 34.1 Å². The summed E-state index contributed by atoms with van der Waals surface area (Å²) in [5, 5.41) is 34.3. The molecule has 3 aromatic rings. The van der Waals surface area contributed by atoms with Crippen molar-refractivity contribution in [1.29, 1.82) is 0 Å². The number of nitrogens with one attached hydrogen (secondary N) is 2. The van der Waals surface area contributed by atoms with Crippen LogP contribution in [0.1, 0.15) is 31.8 Å². The highest BCUT2D eigenvalue weighted by molar-refractivity contribution is 6.03. The fraction of sp³-hybridized carbons (Fsp3) is 0.0909. The summed E-state index contributed by atoms with van der Waals surface area (Å²) in [5.41, 5.74) is 2.63. The number of ether oxygens (including phenoxy) is 1. The first-order valence-corrected chi connectivity index (χ1v) is 9.08. The van der Waals surface area contributed by atoms with Crippen LogP contribution in [0.4, 0.5) is 11.4 Å². The maximum absolute atomic E-state index is 12.0. The molecule has 0 atom stereocenters. The summed E-state index contributed by atoms with van der Waals surface area (Å²) < 4.78 is 5.86. The molecule has 4 rings (SSSR count). The van der Waals surface area contributed by atoms with E-state index in [1.807, 2.05) is 12.1 Å². The Kier molecular flexibility index (Phi) is 4.67. The van der Waals surface area contributed by atoms with E-state index >= 15 is 0 Å². The summed E-state index contributed by atoms with van der Waals surface area (Å²) in [6.07, 6.45) is 0.483. The van der Waals surface area contributed by atoms with Crippen molar-refractivity contribution in [2.45, 2.75) is 6.42 Å². The largest absolute Gasteiger partial charge is 0.504 e. The zero-order valence-corrected chi connectivity index (χ0v) is 15.9. The van der Waals surface area contributed by atoms with Crippen molar-refractivity contribution in [1.82, 2.24) is 5.32 Å². The monoisotopic (exact) mass is 406 g/mol. The molecule has 8 nitrogen and oxygen atoms in total. The first kappa shape index (κ1) is 19.1. The molecule has 1 heterocycles. The maximum atomic E-state index is 12.0. The van der Waals surface area contributed by atoms with Crippen LogP contribution < -0.4 is 15.4 Å². The molecule has 0 radical (unpaired) electrons. The van der Waals surface area contributed by atoms with Crippen LogP contribution >= 0.6 is 0 Å². The number of phenolic OH excluding ortho intramolecular Hbond substituents is 2. The molecule has 152 valence electrons. The molecule has 3 aromatic carbocycles. The lowest BCUT2D eigenvalue weighted by Gasteiger charge is -2.24. The highest BCUT2D eigenvalue weighted by Crippen LogP contribution is 2.44. The van der Waals surface area contributed by atoms with Crippen LogP contribution in [0.25, 0.3) is 0 Å². The molecule has 5 N–H and O–H groups in total. The number of aromatic hydroxyl groups is 2. The van der Waals surface area contributed by atoms with E-state index in [0.29, 0.717) is 17.9 Å². The predicted octanol–water partition coefficient (Wildman–Crippen LogP) is 3.60. The Labute approximate surface area is 171 Å². The normalized spacial score (nSPS) is 11.5. The van der Waals surface area contributed by atoms with E-state index in [1.54, 1.807) is 12.1 Å². The Bertz CT molecular complexity index is 1190. The smallest absolute Gasteiger partial charge is 0.337 e. The summed E-state index contributed by atoms with van der Waals surface area (Å²) in [7, 11) is 1.46. The van der Waals surface area contributed by atoms with Gasteiger partial charge in [-0.25, -0.2) is 4.79 Å². The number of carbonyl (C=O) groups is 2. The van der Waals surface area contributed by atoms with Gasteiger partial charge in [0.2, 0.25) is 0 Å². The highest BCUT2D eigenvalue weighted by Gasteiger charge is 2.25. The van der Waals surface area contributed by atoms with E-state index in [1.165, 1.54) is 31.3 Å². The van der Waals surface area contributed by atoms with E-state index in [2.05, 4.69) is 10.6 Å². The lowest BCUT2D eigenvalue weighted by molar-refractivity contribution is 0.0697. The predicted molar refractivity (Wildman–Crippen MR) is 109 cm³/mol. The molecule has 0 saturated heterocycles. The minimum absolute atomic E-state index is 0.0781. The van der Waals surface area contributed by atoms with Gasteiger partial charge in [0.1, 0.15) is 0 Å². The van der Waals surface area contributed by atoms with Crippen LogP contribution in [-0.2, 0) is 6.42 Å². The number of carbonyl (C=O) groups excluding carboxylic acids is 1. The van der Waals surface area contributed by atoms with Crippen LogP contribution in [0.15, 0.2) is 48.5 Å². The number of hydrogen-bond donors (Lipinski definition) is 5. The van der Waals surface area contributed by atoms with E-state index in [9.17, 15) is 24.9 Å². The number of amides is 1. The Morgan fingerprint density at radius 2 is 1.70 bits per heavy atom. The zero-order chi connectivity index (χ0) is 21.4. The summed E-state index contributed by atoms with van der Waals surface area (Å²) >= 11 is 0. The van der Waals surface area contributed by atoms with Gasteiger partial charge in [-0.05, 0) is 53.9 Å². The van der Waals surface area contributed by atoms with Crippen LogP contribution in [-0.4, -0.2) is 34.2 Å². The number of carboxylic acid groups (broad SMARTS) is 1. The molecule has 0 aliphatic carbocycles. The molecule has 1 amide bonds. The third-order valence-corrected chi connectivity index (χ3v) is 4.79. The topological polar surface area (TPSA) is 128 Å². The second kappa shape index (κ2) is 7.32. The van der Waals surface area contributed by atoms with Gasteiger partial charge in [-0.2, -0.15) is 0 Å². The van der Waals surface area contributed by atoms with Gasteiger partial charge >= 0.3 is 5.97 Å². The standard InChI is InChI=1S/C22H18N2O6/c1-23-21(27)13-9-14(22(28)29)20-19(10-13)30-18-5-3-11(7-15(18)24-20)6-12-2-4-16(25)17(26)8-12/h2-5,7-10,24-26H,6H2,1H3,(H,23,27)(H,28,29). The van der Waals surface area contributed by atoms with Crippen molar-refractivity contribution < 1.29 is 29.6 Å². The fourth-order valence-electron chi connectivity index (χ4n) is 3.31. The van der Waals surface area contributed by atoms with Gasteiger partial charge in [-0.3, -0.25) is 4.79 Å². The number of benzene rings is 3. The molecule has 30 heavy (non-hydrogen) atoms. The van der Waals surface area contributed by atoms with Gasteiger partial charge in [0, 0.05) is 12.6 Å². The molecular weight excluding hydrogens is 388 g/mol. The Morgan fingerprint density at radius 1 is 0.967 bits per heavy atom. The Balaban J connectivity index is 1.68. The van der Waals surface area contributed by atoms with Crippen LogP contribution in [0, 0.1) is 0 Å². The summed E-state index contributed by atoms with van der Waals surface area (Å²) in [5.74, 6) is -1.25. The van der Waals surface area contributed by atoms with Gasteiger partial charge in [-0.1, -0.05) is 12.1 Å². The van der Waals surface area contributed by atoms with Crippen molar-refractivity contribution >= 4 is 23.3 Å². The zero-order valence-electron chi connectivity index (χ0n) is 15.9. The summed E-state index contributed by atoms with van der Waals surface area (Å²) in [6, 6.07) is 12.8. The first-order valence-electron chi connectivity index (χ1n) is 9.08. The molecular formula is C22H18N2O6. The van der Waals surface area contributed by atoms with Crippen molar-refractivity contribution in [2.75, 3.05) is 12.4 Å². The Hall–Kier alpha value is -4.20. The maximum Gasteiger partial charge on any atom is 0.337 e. The number of fused-ring (bicyclic) bond motifs is 2.